The van der Waals surface area contributed by atoms with Crippen molar-refractivity contribution in [3.8, 4) is 5.75 Å². The molecule has 4 nitrogen and oxygen atoms in total. The molecular weight excluding hydrogens is 381 g/mol. The van der Waals surface area contributed by atoms with Crippen LogP contribution in [0.15, 0.2) is 91.2 Å². The second kappa shape index (κ2) is 14.0. The monoisotopic (exact) mass is 413 g/mol. The van der Waals surface area contributed by atoms with Gasteiger partial charge in [-0.1, -0.05) is 50.3 Å². The number of nitrogens with zero attached hydrogens (tertiary/aromatic N) is 1. The zero-order chi connectivity index (χ0) is 22.4. The molecule has 0 N–H and O–H groups in total. The molecule has 0 amide bonds. The van der Waals surface area contributed by atoms with Gasteiger partial charge in [-0.3, -0.25) is 4.79 Å². The Morgan fingerprint density at radius 1 is 1.17 bits per heavy atom. The van der Waals surface area contributed by atoms with E-state index < -0.39 is 11.8 Å². The van der Waals surface area contributed by atoms with Crippen molar-refractivity contribution in [2.45, 2.75) is 33.1 Å². The van der Waals surface area contributed by atoms with Crippen LogP contribution >= 0.6 is 0 Å². The molecule has 0 unspecified atom stereocenters. The molecule has 0 saturated heterocycles. The largest absolute Gasteiger partial charge is 0.492 e. The van der Waals surface area contributed by atoms with Gasteiger partial charge in [-0.25, -0.2) is 4.39 Å². The first-order chi connectivity index (χ1) is 14.4. The molecule has 0 heterocycles. The highest BCUT2D eigenvalue weighted by atomic mass is 19.1. The van der Waals surface area contributed by atoms with Crippen molar-refractivity contribution >= 4 is 5.97 Å². The number of carbonyl (C=O) groups excluding carboxylic acids is 1. The fourth-order valence-corrected chi connectivity index (χ4v) is 2.54. The summed E-state index contributed by atoms with van der Waals surface area (Å²) in [6.45, 7) is 16.5. The summed E-state index contributed by atoms with van der Waals surface area (Å²) in [6.07, 6.45) is 6.44. The molecule has 0 aromatic heterocycles. The fourth-order valence-electron chi connectivity index (χ4n) is 2.54. The van der Waals surface area contributed by atoms with Crippen molar-refractivity contribution in [2.75, 3.05) is 19.7 Å². The Balaban J connectivity index is 3.04. The summed E-state index contributed by atoms with van der Waals surface area (Å²) < 4.78 is 25.9. The number of benzene rings is 1. The summed E-state index contributed by atoms with van der Waals surface area (Å²) in [5, 5.41) is 0. The Labute approximate surface area is 179 Å². The second-order valence-electron chi connectivity index (χ2n) is 6.73. The minimum absolute atomic E-state index is 0.170. The Hall–Kier alpha value is -3.08. The van der Waals surface area contributed by atoms with Crippen LogP contribution < -0.4 is 4.74 Å². The predicted molar refractivity (Wildman–Crippen MR) is 121 cm³/mol. The molecule has 0 fully saturated rings. The van der Waals surface area contributed by atoms with Gasteiger partial charge in [0, 0.05) is 19.2 Å². The first kappa shape index (κ1) is 25.0. The molecule has 1 rings (SSSR count). The van der Waals surface area contributed by atoms with E-state index in [1.54, 1.807) is 43.3 Å². The number of carbonyl (C=O) groups is 1. The molecule has 0 aliphatic heterocycles. The Kier molecular flexibility index (Phi) is 11.6. The number of esters is 1. The summed E-state index contributed by atoms with van der Waals surface area (Å²) in [6, 6.07) is 8.69. The molecule has 0 aliphatic rings. The molecule has 1 aromatic carbocycles. The van der Waals surface area contributed by atoms with Crippen LogP contribution in [-0.2, 0) is 9.53 Å². The maximum atomic E-state index is 15.0. The van der Waals surface area contributed by atoms with Gasteiger partial charge in [0.15, 0.2) is 0 Å². The maximum Gasteiger partial charge on any atom is 0.315 e. The number of halogens is 1. The van der Waals surface area contributed by atoms with Crippen molar-refractivity contribution in [1.29, 1.82) is 0 Å². The summed E-state index contributed by atoms with van der Waals surface area (Å²) >= 11 is 0. The summed E-state index contributed by atoms with van der Waals surface area (Å²) in [7, 11) is 0. The van der Waals surface area contributed by atoms with Gasteiger partial charge in [0.25, 0.3) is 0 Å². The van der Waals surface area contributed by atoms with Crippen LogP contribution in [-0.4, -0.2) is 30.6 Å². The van der Waals surface area contributed by atoms with Crippen molar-refractivity contribution in [2.24, 2.45) is 0 Å². The Morgan fingerprint density at radius 3 is 2.37 bits per heavy atom. The second-order valence-corrected chi connectivity index (χ2v) is 6.73. The lowest BCUT2D eigenvalue weighted by Crippen LogP contribution is -2.25. The standard InChI is InChI=1S/C25H32FNO3/c1-6-9-17-29-21(5)24(27(15-7-2)16-8-3)19-23(26)20(4)18-25(28)30-22-13-11-10-12-14-22/h7-8,10-14,19H,2-3,5-6,9,15-18H2,1,4H3/b23-20+,24-19+. The normalized spacial score (nSPS) is 11.9. The fraction of sp³-hybridized carbons (Fsp3) is 0.320. The van der Waals surface area contributed by atoms with Gasteiger partial charge < -0.3 is 14.4 Å². The van der Waals surface area contributed by atoms with Crippen molar-refractivity contribution < 1.29 is 18.7 Å². The maximum absolute atomic E-state index is 15.0. The number of allylic oxidation sites excluding steroid dienone is 2. The smallest absolute Gasteiger partial charge is 0.315 e. The number of hydrogen-bond acceptors (Lipinski definition) is 4. The van der Waals surface area contributed by atoms with E-state index in [4.69, 9.17) is 9.47 Å². The molecular formula is C25H32FNO3. The van der Waals surface area contributed by atoms with Crippen LogP contribution in [0.5, 0.6) is 5.75 Å². The lowest BCUT2D eigenvalue weighted by molar-refractivity contribution is -0.133. The third-order valence-electron chi connectivity index (χ3n) is 4.16. The zero-order valence-electron chi connectivity index (χ0n) is 18.0. The minimum atomic E-state index is -0.534. The van der Waals surface area contributed by atoms with Crippen LogP contribution in [0.4, 0.5) is 4.39 Å². The SMILES string of the molecule is C=CCN(CC=C)/C(=C/C(F)=C(/C)CC(=O)Oc1ccccc1)C(=C)OCCCC. The number of para-hydroxylation sites is 1. The van der Waals surface area contributed by atoms with Gasteiger partial charge in [-0.05, 0) is 31.1 Å². The van der Waals surface area contributed by atoms with Gasteiger partial charge in [0.1, 0.15) is 17.3 Å². The van der Waals surface area contributed by atoms with Gasteiger partial charge in [0.05, 0.1) is 18.7 Å². The van der Waals surface area contributed by atoms with Crippen LogP contribution in [0.3, 0.4) is 0 Å². The van der Waals surface area contributed by atoms with E-state index in [0.717, 1.165) is 12.8 Å². The van der Waals surface area contributed by atoms with Crippen LogP contribution in [0.25, 0.3) is 0 Å². The van der Waals surface area contributed by atoms with Crippen molar-refractivity contribution in [3.05, 3.63) is 91.2 Å². The molecule has 0 atom stereocenters. The lowest BCUT2D eigenvalue weighted by Gasteiger charge is -2.26. The Bertz CT molecular complexity index is 771. The third kappa shape index (κ3) is 8.95. The number of unbranched alkanes of at least 4 members (excludes halogenated alkanes) is 1. The van der Waals surface area contributed by atoms with Crippen molar-refractivity contribution in [3.63, 3.8) is 0 Å². The molecule has 1 aromatic rings. The van der Waals surface area contributed by atoms with E-state index in [1.165, 1.54) is 6.08 Å². The number of hydrogen-bond donors (Lipinski definition) is 0. The van der Waals surface area contributed by atoms with E-state index in [2.05, 4.69) is 26.7 Å². The summed E-state index contributed by atoms with van der Waals surface area (Å²) in [5.41, 5.74) is 0.742. The molecule has 5 heteroatoms. The minimum Gasteiger partial charge on any atom is -0.492 e. The van der Waals surface area contributed by atoms with Gasteiger partial charge >= 0.3 is 5.97 Å². The van der Waals surface area contributed by atoms with E-state index in [0.29, 0.717) is 36.9 Å². The molecule has 0 radical (unpaired) electrons. The lowest BCUT2D eigenvalue weighted by atomic mass is 10.1. The van der Waals surface area contributed by atoms with E-state index in [-0.39, 0.29) is 12.0 Å². The molecule has 162 valence electrons. The highest BCUT2D eigenvalue weighted by Gasteiger charge is 2.15. The first-order valence-corrected chi connectivity index (χ1v) is 10.0. The topological polar surface area (TPSA) is 38.8 Å². The quantitative estimate of drug-likeness (QED) is 0.0920. The van der Waals surface area contributed by atoms with Gasteiger partial charge in [-0.2, -0.15) is 0 Å². The van der Waals surface area contributed by atoms with Crippen LogP contribution in [0.1, 0.15) is 33.1 Å². The van der Waals surface area contributed by atoms with Crippen LogP contribution in [0.2, 0.25) is 0 Å². The van der Waals surface area contributed by atoms with Crippen molar-refractivity contribution in [1.82, 2.24) is 4.90 Å². The zero-order valence-corrected chi connectivity index (χ0v) is 18.0. The van der Waals surface area contributed by atoms with E-state index >= 15 is 0 Å². The molecule has 30 heavy (non-hydrogen) atoms. The van der Waals surface area contributed by atoms with Crippen LogP contribution in [0, 0.1) is 0 Å². The molecule has 0 aliphatic carbocycles. The number of ether oxygens (including phenoxy) is 2. The van der Waals surface area contributed by atoms with E-state index in [9.17, 15) is 9.18 Å². The van der Waals surface area contributed by atoms with Gasteiger partial charge in [-0.15, -0.1) is 13.2 Å². The summed E-state index contributed by atoms with van der Waals surface area (Å²) in [4.78, 5) is 14.0. The molecule has 0 saturated carbocycles. The Morgan fingerprint density at radius 2 is 1.80 bits per heavy atom. The molecule has 0 spiro atoms. The highest BCUT2D eigenvalue weighted by Crippen LogP contribution is 2.22. The average Bonchev–Trinajstić information content (AvgIpc) is 2.72. The number of rotatable bonds is 14. The first-order valence-electron chi connectivity index (χ1n) is 10.0. The average molecular weight is 414 g/mol. The summed E-state index contributed by atoms with van der Waals surface area (Å²) in [5.74, 6) is -0.279. The highest BCUT2D eigenvalue weighted by molar-refractivity contribution is 5.75. The van der Waals surface area contributed by atoms with E-state index in [1.807, 2.05) is 11.0 Å². The molecule has 0 bridgehead atoms. The van der Waals surface area contributed by atoms with Gasteiger partial charge in [0.2, 0.25) is 0 Å². The predicted octanol–water partition coefficient (Wildman–Crippen LogP) is 6.11. The third-order valence-corrected chi connectivity index (χ3v) is 4.16.